The van der Waals surface area contributed by atoms with Gasteiger partial charge in [0.1, 0.15) is 6.04 Å². The molecule has 3 N–H and O–H groups in total. The van der Waals surface area contributed by atoms with Crippen LogP contribution in [0.2, 0.25) is 0 Å². The number of nitrogens with one attached hydrogen (secondary N) is 1. The summed E-state index contributed by atoms with van der Waals surface area (Å²) in [6, 6.07) is 20.2. The van der Waals surface area contributed by atoms with Crippen LogP contribution in [0.3, 0.4) is 0 Å². The summed E-state index contributed by atoms with van der Waals surface area (Å²) >= 11 is 1.81. The van der Waals surface area contributed by atoms with Crippen LogP contribution in [0.1, 0.15) is 50.2 Å². The fraction of sp³-hybridized carbons (Fsp3) is 0.533. The van der Waals surface area contributed by atoms with E-state index in [1.807, 2.05) is 22.7 Å². The molecule has 1 aliphatic carbocycles. The molecule has 2 aromatic carbocycles. The molecule has 0 aromatic heterocycles. The summed E-state index contributed by atoms with van der Waals surface area (Å²) in [7, 11) is 0. The van der Waals surface area contributed by atoms with Crippen LogP contribution in [0.15, 0.2) is 60.7 Å². The van der Waals surface area contributed by atoms with Crippen molar-refractivity contribution in [3.8, 4) is 0 Å². The maximum absolute atomic E-state index is 14.0. The summed E-state index contributed by atoms with van der Waals surface area (Å²) in [4.78, 5) is 31.1. The zero-order valence-electron chi connectivity index (χ0n) is 22.1. The van der Waals surface area contributed by atoms with E-state index in [0.717, 1.165) is 57.5 Å². The third-order valence-corrected chi connectivity index (χ3v) is 8.72. The number of amides is 2. The fourth-order valence-electron chi connectivity index (χ4n) is 5.50. The summed E-state index contributed by atoms with van der Waals surface area (Å²) < 4.78 is 0. The molecule has 200 valence electrons. The quantitative estimate of drug-likeness (QED) is 0.466. The van der Waals surface area contributed by atoms with Crippen LogP contribution in [0.5, 0.6) is 0 Å². The van der Waals surface area contributed by atoms with Crippen molar-refractivity contribution in [2.45, 2.75) is 70.1 Å². The molecular weight excluding hydrogens is 480 g/mol. The minimum Gasteiger partial charge on any atom is -0.343 e. The first-order chi connectivity index (χ1) is 18.0. The van der Waals surface area contributed by atoms with Gasteiger partial charge in [0.15, 0.2) is 0 Å². The number of benzene rings is 2. The summed E-state index contributed by atoms with van der Waals surface area (Å²) in [5.74, 6) is 1.62. The van der Waals surface area contributed by atoms with Crippen molar-refractivity contribution in [3.63, 3.8) is 0 Å². The zero-order valence-corrected chi connectivity index (χ0v) is 22.9. The average Bonchev–Trinajstić information content (AvgIpc) is 3.39. The van der Waals surface area contributed by atoms with Crippen LogP contribution in [0, 0.1) is 5.92 Å². The van der Waals surface area contributed by atoms with E-state index in [1.54, 1.807) is 6.92 Å². The second kappa shape index (κ2) is 14.0. The van der Waals surface area contributed by atoms with Gasteiger partial charge < -0.3 is 16.0 Å². The van der Waals surface area contributed by atoms with Gasteiger partial charge in [0.25, 0.3) is 0 Å². The molecule has 0 unspecified atom stereocenters. The minimum atomic E-state index is -0.623. The first-order valence-corrected chi connectivity index (χ1v) is 14.9. The predicted molar refractivity (Wildman–Crippen MR) is 152 cm³/mol. The topological polar surface area (TPSA) is 78.7 Å². The van der Waals surface area contributed by atoms with Crippen molar-refractivity contribution in [2.24, 2.45) is 11.7 Å². The van der Waals surface area contributed by atoms with Crippen molar-refractivity contribution in [1.82, 2.24) is 15.1 Å². The normalized spacial score (nSPS) is 20.1. The zero-order chi connectivity index (χ0) is 26.0. The van der Waals surface area contributed by atoms with Gasteiger partial charge in [-0.05, 0) is 43.2 Å². The molecule has 37 heavy (non-hydrogen) atoms. The highest BCUT2D eigenvalue weighted by Gasteiger charge is 2.39. The lowest BCUT2D eigenvalue weighted by molar-refractivity contribution is -0.139. The molecule has 2 aromatic rings. The summed E-state index contributed by atoms with van der Waals surface area (Å²) in [6.07, 6.45) is 6.38. The Morgan fingerprint density at radius 3 is 2.32 bits per heavy atom. The lowest BCUT2D eigenvalue weighted by Gasteiger charge is -2.36. The second-order valence-electron chi connectivity index (χ2n) is 10.6. The third kappa shape index (κ3) is 8.06. The van der Waals surface area contributed by atoms with E-state index >= 15 is 0 Å². The summed E-state index contributed by atoms with van der Waals surface area (Å²) in [5, 5.41) is 3.05. The van der Waals surface area contributed by atoms with Gasteiger partial charge in [0, 0.05) is 25.4 Å². The Hall–Kier alpha value is -2.35. The highest BCUT2D eigenvalue weighted by atomic mass is 32.2. The van der Waals surface area contributed by atoms with E-state index < -0.39 is 12.1 Å². The molecule has 2 fully saturated rings. The smallest absolute Gasteiger partial charge is 0.246 e. The summed E-state index contributed by atoms with van der Waals surface area (Å²) in [6.45, 7) is 4.28. The number of carbonyl (C=O) groups excluding carboxylic acids is 2. The Labute approximate surface area is 226 Å². The lowest BCUT2D eigenvalue weighted by Crippen LogP contribution is -2.57. The molecule has 2 amide bonds. The van der Waals surface area contributed by atoms with E-state index in [1.165, 1.54) is 17.5 Å². The maximum atomic E-state index is 14.0. The second-order valence-corrected chi connectivity index (χ2v) is 11.6. The number of hydrogen-bond donors (Lipinski definition) is 2. The molecule has 0 spiro atoms. The van der Waals surface area contributed by atoms with Gasteiger partial charge in [-0.1, -0.05) is 79.9 Å². The molecule has 0 radical (unpaired) electrons. The number of nitrogens with zero attached hydrogens (tertiary/aromatic N) is 2. The Balaban J connectivity index is 1.47. The summed E-state index contributed by atoms with van der Waals surface area (Å²) in [5.41, 5.74) is 8.47. The first kappa shape index (κ1) is 27.7. The van der Waals surface area contributed by atoms with Gasteiger partial charge in [-0.2, -0.15) is 0 Å². The Kier molecular flexibility index (Phi) is 10.5. The van der Waals surface area contributed by atoms with Crippen molar-refractivity contribution < 1.29 is 9.59 Å². The van der Waals surface area contributed by atoms with Crippen LogP contribution in [-0.2, 0) is 22.6 Å². The Morgan fingerprint density at radius 2 is 1.68 bits per heavy atom. The highest BCUT2D eigenvalue weighted by Crippen LogP contribution is 2.30. The fourth-order valence-corrected chi connectivity index (χ4v) is 6.69. The minimum absolute atomic E-state index is 0.0682. The van der Waals surface area contributed by atoms with Crippen molar-refractivity contribution in [3.05, 3.63) is 71.8 Å². The number of hydrogen-bond acceptors (Lipinski definition) is 5. The van der Waals surface area contributed by atoms with Crippen LogP contribution < -0.4 is 11.1 Å². The van der Waals surface area contributed by atoms with Crippen LogP contribution in [-0.4, -0.2) is 64.5 Å². The molecule has 3 atom stereocenters. The molecule has 2 aliphatic rings. The van der Waals surface area contributed by atoms with Gasteiger partial charge in [-0.15, -0.1) is 11.8 Å². The number of thioether (sulfide) groups is 1. The number of carbonyl (C=O) groups is 2. The van der Waals surface area contributed by atoms with E-state index in [2.05, 4.69) is 64.8 Å². The number of nitrogens with two attached hydrogens (primary N) is 1. The van der Waals surface area contributed by atoms with E-state index in [4.69, 9.17) is 5.73 Å². The lowest BCUT2D eigenvalue weighted by atomic mass is 9.83. The number of rotatable bonds is 11. The van der Waals surface area contributed by atoms with E-state index in [9.17, 15) is 9.59 Å². The Morgan fingerprint density at radius 1 is 1.03 bits per heavy atom. The van der Waals surface area contributed by atoms with Crippen molar-refractivity contribution in [1.29, 1.82) is 0 Å². The van der Waals surface area contributed by atoms with Gasteiger partial charge in [-0.3, -0.25) is 14.5 Å². The van der Waals surface area contributed by atoms with E-state index in [-0.39, 0.29) is 23.8 Å². The first-order valence-electron chi connectivity index (χ1n) is 13.8. The SMILES string of the molecule is C[C@H](N)C(=O)N[C@H](C(=O)N1CSC[C@H]1CN(CCc1ccccc1)Cc1ccccc1)C1CCCCC1. The molecule has 0 bridgehead atoms. The van der Waals surface area contributed by atoms with Crippen LogP contribution in [0.4, 0.5) is 0 Å². The van der Waals surface area contributed by atoms with Gasteiger partial charge in [0.2, 0.25) is 11.8 Å². The average molecular weight is 523 g/mol. The van der Waals surface area contributed by atoms with Crippen LogP contribution >= 0.6 is 11.8 Å². The molecule has 7 heteroatoms. The van der Waals surface area contributed by atoms with Crippen LogP contribution in [0.25, 0.3) is 0 Å². The molecule has 1 aliphatic heterocycles. The molecule has 1 heterocycles. The molecule has 4 rings (SSSR count). The molecular formula is C30H42N4O2S. The van der Waals surface area contributed by atoms with Gasteiger partial charge >= 0.3 is 0 Å². The molecule has 6 nitrogen and oxygen atoms in total. The third-order valence-electron chi connectivity index (χ3n) is 7.64. The molecule has 1 saturated heterocycles. The van der Waals surface area contributed by atoms with Crippen molar-refractivity contribution in [2.75, 3.05) is 24.7 Å². The monoisotopic (exact) mass is 522 g/mol. The maximum Gasteiger partial charge on any atom is 0.246 e. The largest absolute Gasteiger partial charge is 0.343 e. The Bertz CT molecular complexity index is 982. The highest BCUT2D eigenvalue weighted by molar-refractivity contribution is 7.99. The predicted octanol–water partition coefficient (Wildman–Crippen LogP) is 4.05. The standard InChI is InChI=1S/C30H42N4O2S/c1-23(31)29(35)32-28(26-15-9-4-10-16-26)30(36)34-22-37-21-27(34)20-33(19-25-13-7-3-8-14-25)18-17-24-11-5-2-6-12-24/h2-3,5-8,11-14,23,26-28H,4,9-10,15-22,31H2,1H3,(H,32,35)/t23-,27+,28-/m0/s1. The van der Waals surface area contributed by atoms with E-state index in [0.29, 0.717) is 5.88 Å². The van der Waals surface area contributed by atoms with Gasteiger partial charge in [-0.25, -0.2) is 0 Å². The van der Waals surface area contributed by atoms with Gasteiger partial charge in [0.05, 0.1) is 18.0 Å². The van der Waals surface area contributed by atoms with Crippen molar-refractivity contribution >= 4 is 23.6 Å². The molecule has 1 saturated carbocycles.